The van der Waals surface area contributed by atoms with Gasteiger partial charge < -0.3 is 17.7 Å². The fourth-order valence-corrected chi connectivity index (χ4v) is 14.4. The molecule has 100 heavy (non-hydrogen) atoms. The van der Waals surface area contributed by atoms with E-state index < -0.39 is 0 Å². The molecule has 0 unspecified atom stereocenters. The maximum Gasteiger partial charge on any atom is 0.164 e. The Kier molecular flexibility index (Phi) is 13.0. The Hall–Kier alpha value is -13.7. The summed E-state index contributed by atoms with van der Waals surface area (Å²) in [6.45, 7) is 0. The second-order valence-corrected chi connectivity index (χ2v) is 25.2. The van der Waals surface area contributed by atoms with E-state index in [1.165, 1.54) is 0 Å². The molecule has 0 aliphatic rings. The largest absolute Gasteiger partial charge is 0.456 e. The molecule has 20 aromatic rings. The Bertz CT molecular complexity index is 6580. The standard InChI is InChI=1S/C90H52N6O4/c1-6-21-53(22-7-1)63-48-74(80-72-33-16-17-38-75(72)97-79(80)52-63)71-37-20-35-69-66-43-41-62(51-77(66)99-83(69)71)90-95-87(57-29-14-5-15-30-57)92-88(96-90)60-32-18-31-58(47-60)59-39-44-73-78(49-59)100-84-64(54-23-8-2-9-24-54)45-46-67(81(73)84)70-36-19-34-68-65-42-40-61(50-76(65)98-82(68)70)89-93-85(55-25-10-3-11-26-55)91-86(94-89)56-27-12-4-13-28-56/h1-52H. The zero-order valence-corrected chi connectivity index (χ0v) is 53.3. The van der Waals surface area contributed by atoms with Gasteiger partial charge in [-0.1, -0.05) is 249 Å². The molecule has 0 fully saturated rings. The number of fused-ring (bicyclic) bond motifs is 12. The van der Waals surface area contributed by atoms with Gasteiger partial charge in [-0.25, -0.2) is 29.9 Å². The molecule has 466 valence electrons. The van der Waals surface area contributed by atoms with E-state index in [1.54, 1.807) is 0 Å². The molecule has 14 aromatic carbocycles. The summed E-state index contributed by atoms with van der Waals surface area (Å²) in [6, 6.07) is 108. The number of hydrogen-bond acceptors (Lipinski definition) is 10. The molecule has 6 heterocycles. The van der Waals surface area contributed by atoms with Crippen LogP contribution in [0.25, 0.3) is 212 Å². The minimum atomic E-state index is 0.519. The fraction of sp³-hybridized carbons (Fsp3) is 0. The topological polar surface area (TPSA) is 130 Å². The molecule has 10 heteroatoms. The molecule has 0 atom stereocenters. The maximum atomic E-state index is 7.16. The minimum Gasteiger partial charge on any atom is -0.456 e. The lowest BCUT2D eigenvalue weighted by atomic mass is 9.93. The Labute approximate surface area is 571 Å². The molecule has 0 N–H and O–H groups in total. The average Bonchev–Trinajstić information content (AvgIpc) is 1.58. The number of furan rings is 4. The lowest BCUT2D eigenvalue weighted by Gasteiger charge is -2.10. The van der Waals surface area contributed by atoms with Gasteiger partial charge in [-0.3, -0.25) is 0 Å². The van der Waals surface area contributed by atoms with Gasteiger partial charge in [0, 0.05) is 93.2 Å². The molecule has 0 amide bonds. The van der Waals surface area contributed by atoms with Gasteiger partial charge in [0.15, 0.2) is 34.9 Å². The zero-order valence-electron chi connectivity index (χ0n) is 53.3. The summed E-state index contributed by atoms with van der Waals surface area (Å²) in [4.78, 5) is 30.7. The van der Waals surface area contributed by atoms with Gasteiger partial charge in [0.05, 0.1) is 0 Å². The van der Waals surface area contributed by atoms with E-state index in [0.29, 0.717) is 34.9 Å². The number of rotatable bonds is 11. The predicted molar refractivity (Wildman–Crippen MR) is 402 cm³/mol. The minimum absolute atomic E-state index is 0.519. The van der Waals surface area contributed by atoms with Crippen LogP contribution in [0.15, 0.2) is 333 Å². The number of hydrogen-bond donors (Lipinski definition) is 0. The van der Waals surface area contributed by atoms with Crippen LogP contribution in [0.2, 0.25) is 0 Å². The summed E-state index contributed by atoms with van der Waals surface area (Å²) in [7, 11) is 0. The number of aromatic nitrogens is 6. The summed E-state index contributed by atoms with van der Waals surface area (Å²) in [5, 5.41) is 8.03. The van der Waals surface area contributed by atoms with E-state index >= 15 is 0 Å². The summed E-state index contributed by atoms with van der Waals surface area (Å²) in [6.07, 6.45) is 0. The van der Waals surface area contributed by atoms with Crippen LogP contribution < -0.4 is 0 Å². The van der Waals surface area contributed by atoms with Gasteiger partial charge in [0.1, 0.15) is 44.7 Å². The quantitative estimate of drug-likeness (QED) is 0.123. The molecule has 0 aliphatic heterocycles. The van der Waals surface area contributed by atoms with Crippen LogP contribution in [0.4, 0.5) is 0 Å². The van der Waals surface area contributed by atoms with Crippen molar-refractivity contribution in [2.75, 3.05) is 0 Å². The van der Waals surface area contributed by atoms with E-state index in [1.807, 2.05) is 121 Å². The first-order chi connectivity index (χ1) is 49.5. The fourth-order valence-electron chi connectivity index (χ4n) is 14.4. The SMILES string of the molecule is c1ccc(-c2cc(-c3cccc4c3oc3cc(-c5nc(-c6ccccc6)nc(-c6cccc(-c7ccc8c(c7)oc7c(-c9ccccc9)ccc(-c9cccc%10c9oc9cc(-c%11nc(-c%12ccccc%12)nc(-c%12ccccc%12)n%11)ccc9%10)c78)c6)n5)ccc34)c3c(c2)oc2ccccc23)cc1. The van der Waals surface area contributed by atoms with E-state index in [0.717, 1.165) is 177 Å². The molecule has 20 rings (SSSR count). The van der Waals surface area contributed by atoms with Crippen molar-refractivity contribution in [2.45, 2.75) is 0 Å². The van der Waals surface area contributed by atoms with E-state index in [2.05, 4.69) is 194 Å². The average molecular weight is 1280 g/mol. The Morgan fingerprint density at radius 2 is 0.530 bits per heavy atom. The van der Waals surface area contributed by atoms with Crippen molar-refractivity contribution in [1.29, 1.82) is 0 Å². The third-order valence-corrected chi connectivity index (χ3v) is 19.2. The van der Waals surface area contributed by atoms with Crippen molar-refractivity contribution < 1.29 is 17.7 Å². The van der Waals surface area contributed by atoms with Crippen molar-refractivity contribution in [3.05, 3.63) is 315 Å². The van der Waals surface area contributed by atoms with E-state index in [9.17, 15) is 0 Å². The van der Waals surface area contributed by atoms with Gasteiger partial charge in [-0.2, -0.15) is 0 Å². The molecule has 10 nitrogen and oxygen atoms in total. The van der Waals surface area contributed by atoms with Gasteiger partial charge in [0.25, 0.3) is 0 Å². The molecule has 0 spiro atoms. The Morgan fingerprint density at radius 3 is 1.10 bits per heavy atom. The van der Waals surface area contributed by atoms with Gasteiger partial charge >= 0.3 is 0 Å². The first-order valence-electron chi connectivity index (χ1n) is 33.3. The van der Waals surface area contributed by atoms with Crippen LogP contribution in [0.5, 0.6) is 0 Å². The molecule has 6 aromatic heterocycles. The lowest BCUT2D eigenvalue weighted by Crippen LogP contribution is -2.00. The first kappa shape index (κ1) is 56.6. The summed E-state index contributed by atoms with van der Waals surface area (Å²) in [5.74, 6) is 3.35. The maximum absolute atomic E-state index is 7.16. The van der Waals surface area contributed by atoms with Gasteiger partial charge in [0.2, 0.25) is 0 Å². The molecule has 0 saturated carbocycles. The zero-order chi connectivity index (χ0) is 65.8. The normalized spacial score (nSPS) is 11.8. The lowest BCUT2D eigenvalue weighted by molar-refractivity contribution is 0.668. The van der Waals surface area contributed by atoms with Crippen LogP contribution in [0.1, 0.15) is 0 Å². The Morgan fingerprint density at radius 1 is 0.160 bits per heavy atom. The number of nitrogens with zero attached hydrogens (tertiary/aromatic N) is 6. The van der Waals surface area contributed by atoms with Crippen LogP contribution in [0, 0.1) is 0 Å². The number of para-hydroxylation sites is 3. The first-order valence-corrected chi connectivity index (χ1v) is 33.3. The van der Waals surface area contributed by atoms with Crippen molar-refractivity contribution in [3.8, 4) is 124 Å². The molecule has 0 bridgehead atoms. The highest BCUT2D eigenvalue weighted by atomic mass is 16.3. The van der Waals surface area contributed by atoms with Gasteiger partial charge in [-0.15, -0.1) is 0 Å². The highest BCUT2D eigenvalue weighted by molar-refractivity contribution is 6.21. The summed E-state index contributed by atoms with van der Waals surface area (Å²) in [5.41, 5.74) is 21.4. The van der Waals surface area contributed by atoms with Crippen LogP contribution in [0.3, 0.4) is 0 Å². The van der Waals surface area contributed by atoms with Crippen LogP contribution in [-0.4, -0.2) is 29.9 Å². The van der Waals surface area contributed by atoms with Gasteiger partial charge in [-0.05, 0) is 106 Å². The van der Waals surface area contributed by atoms with Crippen LogP contribution in [-0.2, 0) is 0 Å². The van der Waals surface area contributed by atoms with Crippen LogP contribution >= 0.6 is 0 Å². The van der Waals surface area contributed by atoms with E-state index in [-0.39, 0.29) is 0 Å². The molecule has 0 saturated heterocycles. The van der Waals surface area contributed by atoms with Crippen molar-refractivity contribution in [2.24, 2.45) is 0 Å². The molecular formula is C90H52N6O4. The third-order valence-electron chi connectivity index (χ3n) is 19.2. The third kappa shape index (κ3) is 9.56. The Balaban J connectivity index is 0.681. The van der Waals surface area contributed by atoms with E-state index in [4.69, 9.17) is 47.6 Å². The smallest absolute Gasteiger partial charge is 0.164 e. The molecular weight excluding hydrogens is 1230 g/mol. The predicted octanol–water partition coefficient (Wildman–Crippen LogP) is 24.0. The van der Waals surface area contributed by atoms with Crippen molar-refractivity contribution in [1.82, 2.24) is 29.9 Å². The number of benzene rings is 14. The summed E-state index contributed by atoms with van der Waals surface area (Å²) < 4.78 is 27.8. The van der Waals surface area contributed by atoms with Crippen molar-refractivity contribution in [3.63, 3.8) is 0 Å². The summed E-state index contributed by atoms with van der Waals surface area (Å²) >= 11 is 0. The van der Waals surface area contributed by atoms with Crippen molar-refractivity contribution >= 4 is 87.8 Å². The second-order valence-electron chi connectivity index (χ2n) is 25.2. The molecule has 0 radical (unpaired) electrons. The highest BCUT2D eigenvalue weighted by Gasteiger charge is 2.25. The molecule has 0 aliphatic carbocycles. The second kappa shape index (κ2) is 23.0. The highest BCUT2D eigenvalue weighted by Crippen LogP contribution is 2.48. The monoisotopic (exact) mass is 1280 g/mol.